The fourth-order valence-corrected chi connectivity index (χ4v) is 3.33. The number of ether oxygens (including phenoxy) is 1. The van der Waals surface area contributed by atoms with Gasteiger partial charge in [0.25, 0.3) is 5.91 Å². The van der Waals surface area contributed by atoms with Gasteiger partial charge in [0, 0.05) is 30.9 Å². The molecule has 0 unspecified atom stereocenters. The minimum Gasteiger partial charge on any atom is -0.483 e. The van der Waals surface area contributed by atoms with Gasteiger partial charge in [0.05, 0.1) is 12.1 Å². The maximum Gasteiger partial charge on any atom is 0.422 e. The quantitative estimate of drug-likeness (QED) is 0.629. The lowest BCUT2D eigenvalue weighted by Crippen LogP contribution is -2.29. The van der Waals surface area contributed by atoms with E-state index in [1.54, 1.807) is 30.3 Å². The SMILES string of the molecule is N#Cc1cc(NCC(=O)NCc2ccc(C(=O)N3CCCC3)cc2)ccc1OCC(F)(F)F. The summed E-state index contributed by atoms with van der Waals surface area (Å²) in [6.07, 6.45) is -2.46. The Kier molecular flexibility index (Phi) is 7.77. The lowest BCUT2D eigenvalue weighted by atomic mass is 10.1. The molecule has 1 saturated heterocycles. The van der Waals surface area contributed by atoms with Crippen LogP contribution in [0, 0.1) is 11.3 Å². The van der Waals surface area contributed by atoms with Crippen LogP contribution in [-0.4, -0.2) is 49.1 Å². The smallest absolute Gasteiger partial charge is 0.422 e. The molecule has 7 nitrogen and oxygen atoms in total. The summed E-state index contributed by atoms with van der Waals surface area (Å²) >= 11 is 0. The monoisotopic (exact) mass is 460 g/mol. The number of carbonyl (C=O) groups is 2. The van der Waals surface area contributed by atoms with Crippen molar-refractivity contribution in [3.8, 4) is 11.8 Å². The van der Waals surface area contributed by atoms with E-state index >= 15 is 0 Å². The Morgan fingerprint density at radius 1 is 1.09 bits per heavy atom. The summed E-state index contributed by atoms with van der Waals surface area (Å²) in [6, 6.07) is 12.8. The van der Waals surface area contributed by atoms with E-state index in [-0.39, 0.29) is 36.2 Å². The normalized spacial score (nSPS) is 13.3. The van der Waals surface area contributed by atoms with Crippen LogP contribution < -0.4 is 15.4 Å². The lowest BCUT2D eigenvalue weighted by Gasteiger charge is -2.15. The highest BCUT2D eigenvalue weighted by Gasteiger charge is 2.29. The van der Waals surface area contributed by atoms with E-state index in [1.165, 1.54) is 18.2 Å². The van der Waals surface area contributed by atoms with E-state index in [2.05, 4.69) is 15.4 Å². The Morgan fingerprint density at radius 2 is 1.79 bits per heavy atom. The van der Waals surface area contributed by atoms with Crippen LogP contribution in [0.15, 0.2) is 42.5 Å². The third kappa shape index (κ3) is 7.14. The molecular formula is C23H23F3N4O3. The van der Waals surface area contributed by atoms with E-state index in [1.807, 2.05) is 4.90 Å². The van der Waals surface area contributed by atoms with Crippen molar-refractivity contribution in [2.45, 2.75) is 25.6 Å². The molecule has 0 aliphatic carbocycles. The van der Waals surface area contributed by atoms with Crippen LogP contribution in [0.4, 0.5) is 18.9 Å². The van der Waals surface area contributed by atoms with Gasteiger partial charge >= 0.3 is 6.18 Å². The van der Waals surface area contributed by atoms with Gasteiger partial charge in [-0.3, -0.25) is 9.59 Å². The minimum atomic E-state index is -4.51. The molecule has 2 aromatic carbocycles. The Labute approximate surface area is 189 Å². The molecular weight excluding hydrogens is 437 g/mol. The number of nitriles is 1. The van der Waals surface area contributed by atoms with Crippen molar-refractivity contribution < 1.29 is 27.5 Å². The molecule has 10 heteroatoms. The van der Waals surface area contributed by atoms with Crippen LogP contribution in [0.3, 0.4) is 0 Å². The highest BCUT2D eigenvalue weighted by molar-refractivity contribution is 5.94. The first-order chi connectivity index (χ1) is 15.7. The van der Waals surface area contributed by atoms with Gasteiger partial charge in [-0.05, 0) is 48.7 Å². The summed E-state index contributed by atoms with van der Waals surface area (Å²) in [5.41, 5.74) is 1.77. The number of hydrogen-bond acceptors (Lipinski definition) is 5. The number of carbonyl (C=O) groups excluding carboxylic acids is 2. The van der Waals surface area contributed by atoms with Crippen LogP contribution in [-0.2, 0) is 11.3 Å². The number of anilines is 1. The summed E-state index contributed by atoms with van der Waals surface area (Å²) < 4.78 is 41.5. The van der Waals surface area contributed by atoms with Gasteiger partial charge in [-0.25, -0.2) is 0 Å². The molecule has 0 atom stereocenters. The third-order valence-corrected chi connectivity index (χ3v) is 5.03. The predicted octanol–water partition coefficient (Wildman–Crippen LogP) is 3.46. The van der Waals surface area contributed by atoms with Gasteiger partial charge in [0.1, 0.15) is 11.8 Å². The molecule has 1 aliphatic rings. The molecule has 1 heterocycles. The fraction of sp³-hybridized carbons (Fsp3) is 0.348. The maximum absolute atomic E-state index is 12.4. The number of halogens is 3. The van der Waals surface area contributed by atoms with Crippen LogP contribution in [0.1, 0.15) is 34.3 Å². The maximum atomic E-state index is 12.4. The summed E-state index contributed by atoms with van der Waals surface area (Å²) in [4.78, 5) is 26.3. The largest absolute Gasteiger partial charge is 0.483 e. The van der Waals surface area contributed by atoms with E-state index < -0.39 is 12.8 Å². The van der Waals surface area contributed by atoms with Gasteiger partial charge in [-0.1, -0.05) is 12.1 Å². The zero-order chi connectivity index (χ0) is 23.8. The first-order valence-electron chi connectivity index (χ1n) is 10.4. The highest BCUT2D eigenvalue weighted by Crippen LogP contribution is 2.24. The van der Waals surface area contributed by atoms with Crippen molar-refractivity contribution in [2.24, 2.45) is 0 Å². The molecule has 0 saturated carbocycles. The second kappa shape index (κ2) is 10.7. The first kappa shape index (κ1) is 23.9. The van der Waals surface area contributed by atoms with Crippen LogP contribution >= 0.6 is 0 Å². The number of likely N-dealkylation sites (tertiary alicyclic amines) is 1. The standard InChI is InChI=1S/C23H23F3N4O3/c24-23(25,26)15-33-20-8-7-19(11-18(20)12-27)28-14-21(31)29-13-16-3-5-17(6-4-16)22(32)30-9-1-2-10-30/h3-8,11,28H,1-2,9-10,13-15H2,(H,29,31). The third-order valence-electron chi connectivity index (χ3n) is 5.03. The molecule has 0 bridgehead atoms. The van der Waals surface area contributed by atoms with Crippen molar-refractivity contribution in [1.82, 2.24) is 10.2 Å². The van der Waals surface area contributed by atoms with Crippen molar-refractivity contribution >= 4 is 17.5 Å². The molecule has 33 heavy (non-hydrogen) atoms. The Balaban J connectivity index is 1.46. The van der Waals surface area contributed by atoms with Crippen LogP contribution in [0.5, 0.6) is 5.75 Å². The molecule has 2 aromatic rings. The van der Waals surface area contributed by atoms with Crippen molar-refractivity contribution in [3.63, 3.8) is 0 Å². The summed E-state index contributed by atoms with van der Waals surface area (Å²) in [7, 11) is 0. The highest BCUT2D eigenvalue weighted by atomic mass is 19.4. The topological polar surface area (TPSA) is 94.5 Å². The molecule has 3 rings (SSSR count). The Hall–Kier alpha value is -3.74. The summed E-state index contributed by atoms with van der Waals surface area (Å²) in [5, 5.41) is 14.7. The Bertz CT molecular complexity index is 1030. The molecule has 0 aromatic heterocycles. The minimum absolute atomic E-state index is 0.0128. The summed E-state index contributed by atoms with van der Waals surface area (Å²) in [5.74, 6) is -0.488. The Morgan fingerprint density at radius 3 is 2.42 bits per heavy atom. The van der Waals surface area contributed by atoms with Crippen molar-refractivity contribution in [1.29, 1.82) is 5.26 Å². The predicted molar refractivity (Wildman–Crippen MR) is 115 cm³/mol. The molecule has 2 amide bonds. The van der Waals surface area contributed by atoms with Crippen molar-refractivity contribution in [3.05, 3.63) is 59.2 Å². The van der Waals surface area contributed by atoms with Crippen LogP contribution in [0.25, 0.3) is 0 Å². The fourth-order valence-electron chi connectivity index (χ4n) is 3.33. The van der Waals surface area contributed by atoms with Gasteiger partial charge in [-0.2, -0.15) is 18.4 Å². The van der Waals surface area contributed by atoms with Gasteiger partial charge < -0.3 is 20.3 Å². The van der Waals surface area contributed by atoms with Gasteiger partial charge in [0.2, 0.25) is 5.91 Å². The number of nitrogens with one attached hydrogen (secondary N) is 2. The van der Waals surface area contributed by atoms with E-state index in [0.29, 0.717) is 11.3 Å². The van der Waals surface area contributed by atoms with Gasteiger partial charge in [0.15, 0.2) is 6.61 Å². The number of benzene rings is 2. The van der Waals surface area contributed by atoms with Gasteiger partial charge in [-0.15, -0.1) is 0 Å². The number of amides is 2. The number of rotatable bonds is 8. The molecule has 2 N–H and O–H groups in total. The first-order valence-corrected chi connectivity index (χ1v) is 10.4. The molecule has 1 aliphatic heterocycles. The number of hydrogen-bond donors (Lipinski definition) is 2. The van der Waals surface area contributed by atoms with E-state index in [4.69, 9.17) is 5.26 Å². The summed E-state index contributed by atoms with van der Waals surface area (Å²) in [6.45, 7) is 0.237. The second-order valence-corrected chi connectivity index (χ2v) is 7.55. The van der Waals surface area contributed by atoms with Crippen LogP contribution in [0.2, 0.25) is 0 Å². The zero-order valence-corrected chi connectivity index (χ0v) is 17.7. The number of nitrogens with zero attached hydrogens (tertiary/aromatic N) is 2. The molecule has 174 valence electrons. The molecule has 0 radical (unpaired) electrons. The average Bonchev–Trinajstić information content (AvgIpc) is 3.34. The lowest BCUT2D eigenvalue weighted by molar-refractivity contribution is -0.153. The van der Waals surface area contributed by atoms with E-state index in [0.717, 1.165) is 31.5 Å². The second-order valence-electron chi connectivity index (χ2n) is 7.55. The average molecular weight is 460 g/mol. The van der Waals surface area contributed by atoms with Crippen molar-refractivity contribution in [2.75, 3.05) is 31.6 Å². The molecule has 1 fully saturated rings. The van der Waals surface area contributed by atoms with E-state index in [9.17, 15) is 22.8 Å². The number of alkyl halides is 3. The molecule has 0 spiro atoms. The zero-order valence-electron chi connectivity index (χ0n) is 17.7.